The molecule has 46 heavy (non-hydrogen) atoms. The van der Waals surface area contributed by atoms with Gasteiger partial charge in [-0.2, -0.15) is 0 Å². The molecule has 1 N–H and O–H groups in total. The number of hydrogen-bond donors (Lipinski definition) is 1. The predicted octanol–water partition coefficient (Wildman–Crippen LogP) is 12.5. The molecule has 0 amide bonds. The van der Waals surface area contributed by atoms with Crippen LogP contribution in [0.2, 0.25) is 0 Å². The van der Waals surface area contributed by atoms with Gasteiger partial charge in [-0.3, -0.25) is 9.59 Å². The van der Waals surface area contributed by atoms with Crippen molar-refractivity contribution in [2.24, 2.45) is 0 Å². The molecule has 0 aromatic carbocycles. The van der Waals surface area contributed by atoms with E-state index in [1.807, 2.05) is 0 Å². The maximum absolute atomic E-state index is 12.2. The molecule has 0 aromatic rings. The van der Waals surface area contributed by atoms with Crippen molar-refractivity contribution in [3.8, 4) is 0 Å². The van der Waals surface area contributed by atoms with Gasteiger partial charge >= 0.3 is 11.9 Å². The lowest BCUT2D eigenvalue weighted by atomic mass is 10.0. The van der Waals surface area contributed by atoms with Crippen LogP contribution in [-0.2, 0) is 19.1 Å². The van der Waals surface area contributed by atoms with Crippen LogP contribution in [0.3, 0.4) is 0 Å². The zero-order valence-electron chi connectivity index (χ0n) is 30.9. The van der Waals surface area contributed by atoms with Gasteiger partial charge in [0, 0.05) is 12.8 Å². The second kappa shape index (κ2) is 38.1. The minimum absolute atomic E-state index is 0.0622. The Labute approximate surface area is 286 Å². The smallest absolute Gasteiger partial charge is 0.306 e. The molecule has 5 nitrogen and oxygen atoms in total. The largest absolute Gasteiger partial charge is 0.462 e. The third kappa shape index (κ3) is 35.5. The standard InChI is InChI=1S/C41H78O5/c1-3-5-7-9-11-13-15-17-19-20-22-24-26-28-30-32-34-36-41(44)46-39(37-42)38-45-40(43)35-33-31-29-27-25-23-21-18-16-14-12-10-8-6-4-2/h14,16,39,42H,3-13,15,17-38H2,1-2H3/b16-14-/t39-/m0/s1. The van der Waals surface area contributed by atoms with Crippen molar-refractivity contribution in [1.29, 1.82) is 0 Å². The monoisotopic (exact) mass is 651 g/mol. The fourth-order valence-corrected chi connectivity index (χ4v) is 5.96. The number of ether oxygens (including phenoxy) is 2. The van der Waals surface area contributed by atoms with Gasteiger partial charge in [-0.25, -0.2) is 0 Å². The van der Waals surface area contributed by atoms with E-state index in [1.165, 1.54) is 154 Å². The Hall–Kier alpha value is -1.36. The zero-order valence-corrected chi connectivity index (χ0v) is 30.9. The van der Waals surface area contributed by atoms with Crippen molar-refractivity contribution < 1.29 is 24.2 Å². The summed E-state index contributed by atoms with van der Waals surface area (Å²) in [5.41, 5.74) is 0. The van der Waals surface area contributed by atoms with E-state index in [0.717, 1.165) is 38.5 Å². The van der Waals surface area contributed by atoms with Crippen LogP contribution in [0.25, 0.3) is 0 Å². The zero-order chi connectivity index (χ0) is 33.6. The number of unbranched alkanes of at least 4 members (excludes halogenated alkanes) is 27. The van der Waals surface area contributed by atoms with Gasteiger partial charge in [0.05, 0.1) is 6.61 Å². The summed E-state index contributed by atoms with van der Waals surface area (Å²) in [6, 6.07) is 0. The van der Waals surface area contributed by atoms with Gasteiger partial charge < -0.3 is 14.6 Å². The van der Waals surface area contributed by atoms with E-state index in [4.69, 9.17) is 9.47 Å². The topological polar surface area (TPSA) is 72.8 Å². The molecule has 0 heterocycles. The first-order valence-corrected chi connectivity index (χ1v) is 20.2. The Morgan fingerprint density at radius 1 is 0.478 bits per heavy atom. The molecule has 0 aromatic heterocycles. The van der Waals surface area contributed by atoms with E-state index in [-0.39, 0.29) is 25.2 Å². The third-order valence-corrected chi connectivity index (χ3v) is 9.06. The van der Waals surface area contributed by atoms with E-state index in [1.54, 1.807) is 0 Å². The Morgan fingerprint density at radius 3 is 1.20 bits per heavy atom. The molecule has 0 fully saturated rings. The highest BCUT2D eigenvalue weighted by molar-refractivity contribution is 5.70. The Balaban J connectivity index is 3.51. The molecule has 0 radical (unpaired) electrons. The van der Waals surface area contributed by atoms with E-state index >= 15 is 0 Å². The van der Waals surface area contributed by atoms with Gasteiger partial charge in [0.15, 0.2) is 6.10 Å². The van der Waals surface area contributed by atoms with Crippen molar-refractivity contribution in [2.75, 3.05) is 13.2 Å². The van der Waals surface area contributed by atoms with E-state index in [2.05, 4.69) is 26.0 Å². The van der Waals surface area contributed by atoms with Crippen LogP contribution in [-0.4, -0.2) is 36.4 Å². The quantitative estimate of drug-likeness (QED) is 0.0411. The number of rotatable bonds is 37. The molecule has 0 aliphatic rings. The van der Waals surface area contributed by atoms with Crippen molar-refractivity contribution in [3.63, 3.8) is 0 Å². The Kier molecular flexibility index (Phi) is 37.0. The maximum Gasteiger partial charge on any atom is 0.306 e. The minimum atomic E-state index is -0.766. The Bertz CT molecular complexity index is 661. The summed E-state index contributed by atoms with van der Waals surface area (Å²) in [6.45, 7) is 4.14. The lowest BCUT2D eigenvalue weighted by Crippen LogP contribution is -2.28. The summed E-state index contributed by atoms with van der Waals surface area (Å²) < 4.78 is 10.6. The van der Waals surface area contributed by atoms with Crippen LogP contribution in [0.1, 0.15) is 219 Å². The van der Waals surface area contributed by atoms with Crippen LogP contribution < -0.4 is 0 Å². The molecule has 0 rings (SSSR count). The summed E-state index contributed by atoms with van der Waals surface area (Å²) in [7, 11) is 0. The average Bonchev–Trinajstić information content (AvgIpc) is 3.06. The van der Waals surface area contributed by atoms with Crippen LogP contribution in [0, 0.1) is 0 Å². The van der Waals surface area contributed by atoms with E-state index in [0.29, 0.717) is 12.8 Å². The van der Waals surface area contributed by atoms with Gasteiger partial charge in [0.1, 0.15) is 6.61 Å². The van der Waals surface area contributed by atoms with Gasteiger partial charge in [-0.05, 0) is 38.5 Å². The van der Waals surface area contributed by atoms with Gasteiger partial charge in [-0.15, -0.1) is 0 Å². The highest BCUT2D eigenvalue weighted by Crippen LogP contribution is 2.15. The molecule has 0 unspecified atom stereocenters. The number of hydrogen-bond acceptors (Lipinski definition) is 5. The summed E-state index contributed by atoms with van der Waals surface area (Å²) in [5.74, 6) is -0.585. The summed E-state index contributed by atoms with van der Waals surface area (Å²) >= 11 is 0. The molecule has 0 spiro atoms. The summed E-state index contributed by atoms with van der Waals surface area (Å²) in [5, 5.41) is 9.55. The number of aliphatic hydroxyl groups excluding tert-OH is 1. The molecule has 0 aliphatic heterocycles. The lowest BCUT2D eigenvalue weighted by Gasteiger charge is -2.15. The van der Waals surface area contributed by atoms with Crippen LogP contribution in [0.15, 0.2) is 12.2 Å². The fraction of sp³-hybridized carbons (Fsp3) is 0.902. The molecular formula is C41H78O5. The van der Waals surface area contributed by atoms with Crippen LogP contribution >= 0.6 is 0 Å². The minimum Gasteiger partial charge on any atom is -0.462 e. The molecule has 0 bridgehead atoms. The normalized spacial score (nSPS) is 12.2. The number of esters is 2. The molecule has 0 aliphatic carbocycles. The van der Waals surface area contributed by atoms with Crippen molar-refractivity contribution in [1.82, 2.24) is 0 Å². The van der Waals surface area contributed by atoms with Gasteiger partial charge in [-0.1, -0.05) is 180 Å². The van der Waals surface area contributed by atoms with Crippen molar-refractivity contribution >= 4 is 11.9 Å². The lowest BCUT2D eigenvalue weighted by molar-refractivity contribution is -0.161. The predicted molar refractivity (Wildman–Crippen MR) is 196 cm³/mol. The van der Waals surface area contributed by atoms with E-state index < -0.39 is 6.10 Å². The van der Waals surface area contributed by atoms with Crippen molar-refractivity contribution in [2.45, 2.75) is 225 Å². The number of allylic oxidation sites excluding steroid dienone is 2. The highest BCUT2D eigenvalue weighted by Gasteiger charge is 2.16. The summed E-state index contributed by atoms with van der Waals surface area (Å²) in [4.78, 5) is 24.2. The molecular weight excluding hydrogens is 572 g/mol. The molecule has 1 atom stereocenters. The van der Waals surface area contributed by atoms with Crippen LogP contribution in [0.5, 0.6) is 0 Å². The van der Waals surface area contributed by atoms with Crippen molar-refractivity contribution in [3.05, 3.63) is 12.2 Å². The van der Waals surface area contributed by atoms with Gasteiger partial charge in [0.25, 0.3) is 0 Å². The maximum atomic E-state index is 12.2. The Morgan fingerprint density at radius 2 is 0.804 bits per heavy atom. The average molecular weight is 651 g/mol. The second-order valence-corrected chi connectivity index (χ2v) is 13.7. The first kappa shape index (κ1) is 44.6. The van der Waals surface area contributed by atoms with E-state index in [9.17, 15) is 14.7 Å². The SMILES string of the molecule is CCCCCC/C=C\CCCCCCCCCC(=O)OC[C@H](CO)OC(=O)CCCCCCCCCCCCCCCCCCC. The number of aliphatic hydroxyl groups is 1. The molecule has 5 heteroatoms. The number of carbonyl (C=O) groups is 2. The molecule has 0 saturated carbocycles. The summed E-state index contributed by atoms with van der Waals surface area (Å²) in [6.07, 6.45) is 42.7. The van der Waals surface area contributed by atoms with Crippen LogP contribution in [0.4, 0.5) is 0 Å². The molecule has 272 valence electrons. The van der Waals surface area contributed by atoms with Gasteiger partial charge in [0.2, 0.25) is 0 Å². The highest BCUT2D eigenvalue weighted by atomic mass is 16.6. The first-order valence-electron chi connectivity index (χ1n) is 20.2. The first-order chi connectivity index (χ1) is 22.6. The fourth-order valence-electron chi connectivity index (χ4n) is 5.96. The second-order valence-electron chi connectivity index (χ2n) is 13.7. The third-order valence-electron chi connectivity index (χ3n) is 9.06. The number of carbonyl (C=O) groups excluding carboxylic acids is 2. The molecule has 0 saturated heterocycles.